The minimum Gasteiger partial charge on any atom is -0.390 e. The molecule has 7 heteroatoms. The SMILES string of the molecule is CN1CCN(CC(O)Cn2cnc3sccc3c2=O)CC1. The van der Waals surface area contributed by atoms with Crippen LogP contribution in [0.1, 0.15) is 0 Å². The molecule has 0 spiro atoms. The van der Waals surface area contributed by atoms with Crippen LogP contribution in [-0.2, 0) is 6.54 Å². The van der Waals surface area contributed by atoms with E-state index < -0.39 is 6.10 Å². The first-order chi connectivity index (χ1) is 10.1. The van der Waals surface area contributed by atoms with Gasteiger partial charge in [-0.15, -0.1) is 11.3 Å². The van der Waals surface area contributed by atoms with E-state index in [2.05, 4.69) is 21.8 Å². The molecule has 114 valence electrons. The number of hydrogen-bond donors (Lipinski definition) is 1. The Labute approximate surface area is 127 Å². The summed E-state index contributed by atoms with van der Waals surface area (Å²) in [6, 6.07) is 1.79. The van der Waals surface area contributed by atoms with E-state index in [4.69, 9.17) is 0 Å². The van der Waals surface area contributed by atoms with Crippen LogP contribution < -0.4 is 5.56 Å². The van der Waals surface area contributed by atoms with E-state index in [-0.39, 0.29) is 5.56 Å². The third-order valence-corrected chi connectivity index (χ3v) is 4.74. The standard InChI is InChI=1S/C14H20N4O2S/c1-16-3-5-17(6-4-16)8-11(19)9-18-10-15-13-12(14(18)20)2-7-21-13/h2,7,10-11,19H,3-6,8-9H2,1H3. The van der Waals surface area contributed by atoms with Gasteiger partial charge in [0.1, 0.15) is 4.83 Å². The summed E-state index contributed by atoms with van der Waals surface area (Å²) in [4.78, 5) is 21.8. The van der Waals surface area contributed by atoms with Gasteiger partial charge in [-0.25, -0.2) is 4.98 Å². The Kier molecular flexibility index (Phi) is 4.34. The lowest BCUT2D eigenvalue weighted by molar-refractivity contribution is 0.0704. The molecule has 1 saturated heterocycles. The number of hydrogen-bond acceptors (Lipinski definition) is 6. The summed E-state index contributed by atoms with van der Waals surface area (Å²) in [6.07, 6.45) is 0.984. The Balaban J connectivity index is 1.64. The van der Waals surface area contributed by atoms with E-state index in [1.165, 1.54) is 22.2 Å². The van der Waals surface area contributed by atoms with E-state index >= 15 is 0 Å². The van der Waals surface area contributed by atoms with E-state index in [1.807, 2.05) is 5.38 Å². The first kappa shape index (κ1) is 14.6. The highest BCUT2D eigenvalue weighted by Crippen LogP contribution is 2.13. The van der Waals surface area contributed by atoms with Crippen LogP contribution >= 0.6 is 11.3 Å². The molecule has 0 aromatic carbocycles. The van der Waals surface area contributed by atoms with Crippen molar-refractivity contribution in [3.63, 3.8) is 0 Å². The van der Waals surface area contributed by atoms with Crippen LogP contribution in [0.3, 0.4) is 0 Å². The van der Waals surface area contributed by atoms with E-state index in [0.717, 1.165) is 31.0 Å². The molecule has 3 heterocycles. The Bertz CT molecular complexity index is 660. The van der Waals surface area contributed by atoms with Gasteiger partial charge >= 0.3 is 0 Å². The van der Waals surface area contributed by atoms with Crippen LogP contribution in [0.15, 0.2) is 22.6 Å². The summed E-state index contributed by atoms with van der Waals surface area (Å²) in [7, 11) is 2.11. The zero-order valence-electron chi connectivity index (χ0n) is 12.1. The number of piperazine rings is 1. The molecule has 0 bridgehead atoms. The molecule has 0 amide bonds. The number of rotatable bonds is 4. The molecule has 2 aromatic heterocycles. The number of β-amino-alcohol motifs (C(OH)–C–C–N with tert-alkyl or cyclic N) is 1. The molecule has 1 N–H and O–H groups in total. The molecule has 0 radical (unpaired) electrons. The number of aliphatic hydroxyl groups is 1. The van der Waals surface area contributed by atoms with Crippen molar-refractivity contribution in [2.24, 2.45) is 0 Å². The third-order valence-electron chi connectivity index (χ3n) is 3.92. The highest BCUT2D eigenvalue weighted by molar-refractivity contribution is 7.16. The predicted octanol–water partition coefficient (Wildman–Crippen LogP) is 0.0663. The van der Waals surface area contributed by atoms with Crippen LogP contribution in [0.25, 0.3) is 10.2 Å². The monoisotopic (exact) mass is 308 g/mol. The van der Waals surface area contributed by atoms with Crippen molar-refractivity contribution in [2.45, 2.75) is 12.6 Å². The van der Waals surface area contributed by atoms with Crippen LogP contribution in [0, 0.1) is 0 Å². The molecule has 6 nitrogen and oxygen atoms in total. The molecule has 1 atom stereocenters. The minimum atomic E-state index is -0.552. The molecule has 1 fully saturated rings. The number of nitrogens with zero attached hydrogens (tertiary/aromatic N) is 4. The summed E-state index contributed by atoms with van der Waals surface area (Å²) in [5, 5.41) is 12.7. The lowest BCUT2D eigenvalue weighted by atomic mass is 10.2. The highest BCUT2D eigenvalue weighted by atomic mass is 32.1. The van der Waals surface area contributed by atoms with Gasteiger partial charge in [-0.3, -0.25) is 14.3 Å². The summed E-state index contributed by atoms with van der Waals surface area (Å²) < 4.78 is 1.51. The smallest absolute Gasteiger partial charge is 0.262 e. The topological polar surface area (TPSA) is 61.6 Å². The maximum absolute atomic E-state index is 12.3. The Hall–Kier alpha value is -1.28. The fourth-order valence-corrected chi connectivity index (χ4v) is 3.36. The molecule has 0 aliphatic carbocycles. The van der Waals surface area contributed by atoms with Crippen molar-refractivity contribution in [3.8, 4) is 0 Å². The molecular weight excluding hydrogens is 288 g/mol. The first-order valence-corrected chi connectivity index (χ1v) is 8.03. The second kappa shape index (κ2) is 6.23. The Morgan fingerprint density at radius 2 is 2.10 bits per heavy atom. The molecule has 1 aliphatic rings. The van der Waals surface area contributed by atoms with Gasteiger partial charge in [-0.2, -0.15) is 0 Å². The predicted molar refractivity (Wildman–Crippen MR) is 83.8 cm³/mol. The van der Waals surface area contributed by atoms with Gasteiger partial charge in [0, 0.05) is 32.7 Å². The quantitative estimate of drug-likeness (QED) is 0.866. The second-order valence-corrected chi connectivity index (χ2v) is 6.49. The normalized spacial score (nSPS) is 19.1. The fourth-order valence-electron chi connectivity index (χ4n) is 2.64. The van der Waals surface area contributed by atoms with Crippen molar-refractivity contribution >= 4 is 21.6 Å². The zero-order valence-corrected chi connectivity index (χ0v) is 12.9. The van der Waals surface area contributed by atoms with Crippen LogP contribution in [0.4, 0.5) is 0 Å². The lowest BCUT2D eigenvalue weighted by Crippen LogP contribution is -2.47. The maximum Gasteiger partial charge on any atom is 0.262 e. The molecule has 1 aliphatic heterocycles. The average molecular weight is 308 g/mol. The van der Waals surface area contributed by atoms with Crippen LogP contribution in [-0.4, -0.2) is 70.3 Å². The van der Waals surface area contributed by atoms with Crippen molar-refractivity contribution in [1.82, 2.24) is 19.4 Å². The van der Waals surface area contributed by atoms with Gasteiger partial charge in [0.2, 0.25) is 0 Å². The minimum absolute atomic E-state index is 0.0707. The van der Waals surface area contributed by atoms with Gasteiger partial charge < -0.3 is 10.0 Å². The Morgan fingerprint density at radius 1 is 1.33 bits per heavy atom. The molecule has 0 saturated carbocycles. The van der Waals surface area contributed by atoms with Crippen molar-refractivity contribution in [2.75, 3.05) is 39.8 Å². The Morgan fingerprint density at radius 3 is 2.86 bits per heavy atom. The van der Waals surface area contributed by atoms with Gasteiger partial charge in [0.25, 0.3) is 5.56 Å². The largest absolute Gasteiger partial charge is 0.390 e. The summed E-state index contributed by atoms with van der Waals surface area (Å²) in [5.74, 6) is 0. The van der Waals surface area contributed by atoms with E-state index in [0.29, 0.717) is 18.5 Å². The van der Waals surface area contributed by atoms with Crippen LogP contribution in [0.5, 0.6) is 0 Å². The summed E-state index contributed by atoms with van der Waals surface area (Å²) in [5.41, 5.74) is -0.0707. The van der Waals surface area contributed by atoms with Gasteiger partial charge in [-0.05, 0) is 18.5 Å². The fraction of sp³-hybridized carbons (Fsp3) is 0.571. The number of aromatic nitrogens is 2. The zero-order chi connectivity index (χ0) is 14.8. The number of thiophene rings is 1. The number of fused-ring (bicyclic) bond motifs is 1. The van der Waals surface area contributed by atoms with Crippen molar-refractivity contribution in [1.29, 1.82) is 0 Å². The molecular formula is C14H20N4O2S. The average Bonchev–Trinajstić information content (AvgIpc) is 2.94. The van der Waals surface area contributed by atoms with Crippen LogP contribution in [0.2, 0.25) is 0 Å². The summed E-state index contributed by atoms with van der Waals surface area (Å²) >= 11 is 1.46. The summed E-state index contributed by atoms with van der Waals surface area (Å²) in [6.45, 7) is 4.87. The third kappa shape index (κ3) is 3.32. The first-order valence-electron chi connectivity index (χ1n) is 7.15. The number of likely N-dealkylation sites (N-methyl/N-ethyl adjacent to an activating group) is 1. The van der Waals surface area contributed by atoms with Gasteiger partial charge in [0.05, 0.1) is 24.4 Å². The highest BCUT2D eigenvalue weighted by Gasteiger charge is 2.18. The van der Waals surface area contributed by atoms with E-state index in [1.54, 1.807) is 6.07 Å². The molecule has 3 rings (SSSR count). The van der Waals surface area contributed by atoms with Crippen molar-refractivity contribution in [3.05, 3.63) is 28.1 Å². The van der Waals surface area contributed by atoms with Gasteiger partial charge in [0.15, 0.2) is 0 Å². The van der Waals surface area contributed by atoms with Crippen molar-refractivity contribution < 1.29 is 5.11 Å². The lowest BCUT2D eigenvalue weighted by Gasteiger charge is -2.33. The molecule has 21 heavy (non-hydrogen) atoms. The van der Waals surface area contributed by atoms with Gasteiger partial charge in [-0.1, -0.05) is 0 Å². The molecule has 2 aromatic rings. The molecule has 1 unspecified atom stereocenters. The van der Waals surface area contributed by atoms with E-state index in [9.17, 15) is 9.90 Å². The second-order valence-electron chi connectivity index (χ2n) is 5.60. The maximum atomic E-state index is 12.3. The number of aliphatic hydroxyl groups excluding tert-OH is 1.